The fourth-order valence-electron chi connectivity index (χ4n) is 2.59. The Kier molecular flexibility index (Phi) is 7.16. The molecule has 7 nitrogen and oxygen atoms in total. The van der Waals surface area contributed by atoms with E-state index in [9.17, 15) is 14.7 Å². The predicted molar refractivity (Wildman–Crippen MR) is 100 cm³/mol. The molecule has 0 bridgehead atoms. The molecule has 1 unspecified atom stereocenters. The molecule has 0 aliphatic heterocycles. The molecule has 2 rings (SSSR count). The number of para-hydroxylation sites is 1. The fraction of sp³-hybridized carbons (Fsp3) is 0.350. The third-order valence-corrected chi connectivity index (χ3v) is 3.87. The van der Waals surface area contributed by atoms with Crippen LogP contribution in [0.15, 0.2) is 42.6 Å². The van der Waals surface area contributed by atoms with E-state index in [2.05, 4.69) is 10.3 Å². The largest absolute Gasteiger partial charge is 0.496 e. The number of amides is 1. The van der Waals surface area contributed by atoms with Crippen LogP contribution in [0.2, 0.25) is 0 Å². The summed E-state index contributed by atoms with van der Waals surface area (Å²) in [6.07, 6.45) is 1.61. The summed E-state index contributed by atoms with van der Waals surface area (Å²) >= 11 is 0. The molecule has 1 heterocycles. The highest BCUT2D eigenvalue weighted by atomic mass is 16.5. The molecule has 0 aliphatic rings. The van der Waals surface area contributed by atoms with Gasteiger partial charge in [-0.3, -0.25) is 9.59 Å². The van der Waals surface area contributed by atoms with Gasteiger partial charge in [0.05, 0.1) is 19.1 Å². The Morgan fingerprint density at radius 1 is 1.15 bits per heavy atom. The number of ether oxygens (including phenoxy) is 2. The van der Waals surface area contributed by atoms with Crippen molar-refractivity contribution >= 4 is 11.9 Å². The molecule has 2 aromatic rings. The van der Waals surface area contributed by atoms with E-state index < -0.39 is 17.8 Å². The average molecular weight is 372 g/mol. The molecule has 1 amide bonds. The van der Waals surface area contributed by atoms with Crippen molar-refractivity contribution in [3.8, 4) is 11.5 Å². The molecule has 0 spiro atoms. The summed E-state index contributed by atoms with van der Waals surface area (Å²) in [6.45, 7) is 3.66. The third-order valence-electron chi connectivity index (χ3n) is 3.87. The first kappa shape index (κ1) is 20.2. The number of carbonyl (C=O) groups is 2. The summed E-state index contributed by atoms with van der Waals surface area (Å²) in [4.78, 5) is 28.2. The first-order chi connectivity index (χ1) is 12.9. The molecule has 1 aromatic heterocycles. The molecule has 0 fully saturated rings. The van der Waals surface area contributed by atoms with Gasteiger partial charge < -0.3 is 19.9 Å². The van der Waals surface area contributed by atoms with Gasteiger partial charge in [-0.15, -0.1) is 0 Å². The number of rotatable bonds is 9. The van der Waals surface area contributed by atoms with E-state index in [4.69, 9.17) is 9.47 Å². The number of pyridine rings is 1. The molecule has 1 aromatic carbocycles. The van der Waals surface area contributed by atoms with Gasteiger partial charge in [-0.25, -0.2) is 4.98 Å². The number of methoxy groups -OCH3 is 1. The zero-order chi connectivity index (χ0) is 19.8. The van der Waals surface area contributed by atoms with Crippen LogP contribution in [0.25, 0.3) is 0 Å². The molecule has 0 saturated carbocycles. The van der Waals surface area contributed by atoms with Crippen LogP contribution < -0.4 is 14.8 Å². The second kappa shape index (κ2) is 9.56. The highest BCUT2D eigenvalue weighted by Gasteiger charge is 2.22. The van der Waals surface area contributed by atoms with Crippen molar-refractivity contribution in [3.63, 3.8) is 0 Å². The van der Waals surface area contributed by atoms with E-state index in [0.29, 0.717) is 11.5 Å². The van der Waals surface area contributed by atoms with Gasteiger partial charge in [0.15, 0.2) is 11.4 Å². The number of nitrogens with one attached hydrogen (secondary N) is 1. The number of hydrogen-bond acceptors (Lipinski definition) is 5. The number of carboxylic acid groups (broad SMARTS) is 1. The number of carbonyl (C=O) groups excluding carboxylic acids is 1. The first-order valence-electron chi connectivity index (χ1n) is 8.67. The van der Waals surface area contributed by atoms with Crippen LogP contribution in [-0.2, 0) is 11.2 Å². The molecular weight excluding hydrogens is 348 g/mol. The SMILES string of the molecule is COc1ccccc1CC(CNC(=O)c1ncccc1OC(C)C)C(=O)O. The molecule has 2 N–H and O–H groups in total. The van der Waals surface area contributed by atoms with Gasteiger partial charge in [0.1, 0.15) is 5.75 Å². The minimum atomic E-state index is -0.999. The monoisotopic (exact) mass is 372 g/mol. The number of benzene rings is 1. The lowest BCUT2D eigenvalue weighted by atomic mass is 9.98. The second-order valence-electron chi connectivity index (χ2n) is 6.28. The molecular formula is C20H24N2O5. The van der Waals surface area contributed by atoms with Gasteiger partial charge in [0.25, 0.3) is 5.91 Å². The summed E-state index contributed by atoms with van der Waals surface area (Å²) < 4.78 is 10.9. The van der Waals surface area contributed by atoms with Crippen LogP contribution in [-0.4, -0.2) is 41.7 Å². The van der Waals surface area contributed by atoms with E-state index in [0.717, 1.165) is 5.56 Å². The molecule has 7 heteroatoms. The zero-order valence-electron chi connectivity index (χ0n) is 15.6. The van der Waals surface area contributed by atoms with E-state index >= 15 is 0 Å². The van der Waals surface area contributed by atoms with Gasteiger partial charge in [-0.05, 0) is 44.0 Å². The molecule has 0 radical (unpaired) electrons. The molecule has 0 aliphatic carbocycles. The van der Waals surface area contributed by atoms with Crippen LogP contribution in [0.1, 0.15) is 29.9 Å². The topological polar surface area (TPSA) is 97.8 Å². The van der Waals surface area contributed by atoms with Crippen molar-refractivity contribution in [2.45, 2.75) is 26.4 Å². The molecule has 1 atom stereocenters. The lowest BCUT2D eigenvalue weighted by Crippen LogP contribution is -2.34. The maximum atomic E-state index is 12.5. The average Bonchev–Trinajstić information content (AvgIpc) is 2.64. The first-order valence-corrected chi connectivity index (χ1v) is 8.67. The Labute approximate surface area is 158 Å². The fourth-order valence-corrected chi connectivity index (χ4v) is 2.59. The number of aliphatic carboxylic acids is 1. The summed E-state index contributed by atoms with van der Waals surface area (Å²) in [5, 5.41) is 12.2. The summed E-state index contributed by atoms with van der Waals surface area (Å²) in [6, 6.07) is 10.6. The van der Waals surface area contributed by atoms with Crippen molar-refractivity contribution < 1.29 is 24.2 Å². The van der Waals surface area contributed by atoms with Gasteiger partial charge in [0.2, 0.25) is 0 Å². The summed E-state index contributed by atoms with van der Waals surface area (Å²) in [5.41, 5.74) is 0.899. The number of aromatic nitrogens is 1. The summed E-state index contributed by atoms with van der Waals surface area (Å²) in [7, 11) is 1.54. The van der Waals surface area contributed by atoms with Gasteiger partial charge in [-0.2, -0.15) is 0 Å². The van der Waals surface area contributed by atoms with Crippen molar-refractivity contribution in [2.24, 2.45) is 5.92 Å². The molecule has 0 saturated heterocycles. The Morgan fingerprint density at radius 2 is 1.85 bits per heavy atom. The number of carboxylic acids is 1. The van der Waals surface area contributed by atoms with Crippen LogP contribution in [0.3, 0.4) is 0 Å². The minimum absolute atomic E-state index is 0.0378. The molecule has 27 heavy (non-hydrogen) atoms. The standard InChI is InChI=1S/C20H24N2O5/c1-13(2)27-17-9-6-10-21-18(17)19(23)22-12-15(20(24)25)11-14-7-4-5-8-16(14)26-3/h4-10,13,15H,11-12H2,1-3H3,(H,22,23)(H,24,25). The smallest absolute Gasteiger partial charge is 0.308 e. The van der Waals surface area contributed by atoms with Crippen molar-refractivity contribution in [3.05, 3.63) is 53.9 Å². The van der Waals surface area contributed by atoms with Gasteiger partial charge >= 0.3 is 5.97 Å². The van der Waals surface area contributed by atoms with Crippen LogP contribution in [0.5, 0.6) is 11.5 Å². The zero-order valence-corrected chi connectivity index (χ0v) is 15.6. The quantitative estimate of drug-likeness (QED) is 0.702. The lowest BCUT2D eigenvalue weighted by Gasteiger charge is -2.16. The Morgan fingerprint density at radius 3 is 2.52 bits per heavy atom. The number of nitrogens with zero attached hydrogens (tertiary/aromatic N) is 1. The van der Waals surface area contributed by atoms with Gasteiger partial charge in [0, 0.05) is 12.7 Å². The normalized spacial score (nSPS) is 11.7. The lowest BCUT2D eigenvalue weighted by molar-refractivity contribution is -0.141. The van der Waals surface area contributed by atoms with Crippen LogP contribution >= 0.6 is 0 Å². The summed E-state index contributed by atoms with van der Waals surface area (Å²) in [5.74, 6) is -1.30. The third kappa shape index (κ3) is 5.70. The van der Waals surface area contributed by atoms with Crippen LogP contribution in [0.4, 0.5) is 0 Å². The Hall–Kier alpha value is -3.09. The number of hydrogen-bond donors (Lipinski definition) is 2. The van der Waals surface area contributed by atoms with Gasteiger partial charge in [-0.1, -0.05) is 18.2 Å². The Balaban J connectivity index is 2.08. The maximum Gasteiger partial charge on any atom is 0.308 e. The van der Waals surface area contributed by atoms with Crippen molar-refractivity contribution in [1.82, 2.24) is 10.3 Å². The Bertz CT molecular complexity index is 791. The highest BCUT2D eigenvalue weighted by molar-refractivity contribution is 5.95. The van der Waals surface area contributed by atoms with Crippen molar-refractivity contribution in [1.29, 1.82) is 0 Å². The van der Waals surface area contributed by atoms with E-state index in [1.165, 1.54) is 13.3 Å². The van der Waals surface area contributed by atoms with E-state index in [-0.39, 0.29) is 24.8 Å². The minimum Gasteiger partial charge on any atom is -0.496 e. The second-order valence-corrected chi connectivity index (χ2v) is 6.28. The van der Waals surface area contributed by atoms with E-state index in [1.54, 1.807) is 18.2 Å². The van der Waals surface area contributed by atoms with Crippen molar-refractivity contribution in [2.75, 3.05) is 13.7 Å². The predicted octanol–water partition coefficient (Wildman–Crippen LogP) is 2.55. The van der Waals surface area contributed by atoms with E-state index in [1.807, 2.05) is 32.0 Å². The molecule has 144 valence electrons. The van der Waals surface area contributed by atoms with Crippen LogP contribution in [0, 0.1) is 5.92 Å². The highest BCUT2D eigenvalue weighted by Crippen LogP contribution is 2.21. The maximum absolute atomic E-state index is 12.5.